The van der Waals surface area contributed by atoms with Crippen molar-refractivity contribution in [3.05, 3.63) is 54.1 Å². The second-order valence-corrected chi connectivity index (χ2v) is 9.04. The summed E-state index contributed by atoms with van der Waals surface area (Å²) in [7, 11) is 3.97. The van der Waals surface area contributed by atoms with Gasteiger partial charge >= 0.3 is 0 Å². The van der Waals surface area contributed by atoms with E-state index in [1.807, 2.05) is 67.5 Å². The molecule has 1 saturated heterocycles. The van der Waals surface area contributed by atoms with Crippen LogP contribution in [0.2, 0.25) is 0 Å². The van der Waals surface area contributed by atoms with Crippen LogP contribution in [0, 0.1) is 0 Å². The van der Waals surface area contributed by atoms with Crippen molar-refractivity contribution in [2.75, 3.05) is 66.6 Å². The Morgan fingerprint density at radius 1 is 1.03 bits per heavy atom. The van der Waals surface area contributed by atoms with E-state index in [-0.39, 0.29) is 5.91 Å². The van der Waals surface area contributed by atoms with E-state index in [1.54, 1.807) is 0 Å². The van der Waals surface area contributed by atoms with Crippen molar-refractivity contribution in [2.24, 2.45) is 0 Å². The SMILES string of the molecule is CN(C)CCNC(=O)c1ccc(OCCN2CCOCC2)c2ccc3nc4ccccc4nc3c12. The zero-order valence-corrected chi connectivity index (χ0v) is 20.3. The third kappa shape index (κ3) is 5.19. The molecule has 8 heteroatoms. The highest BCUT2D eigenvalue weighted by Gasteiger charge is 2.18. The van der Waals surface area contributed by atoms with Crippen LogP contribution in [0.3, 0.4) is 0 Å². The van der Waals surface area contributed by atoms with E-state index in [2.05, 4.69) is 10.2 Å². The third-order valence-electron chi connectivity index (χ3n) is 6.31. The smallest absolute Gasteiger partial charge is 0.252 e. The molecule has 1 amide bonds. The number of nitrogens with zero attached hydrogens (tertiary/aromatic N) is 4. The number of carbonyl (C=O) groups is 1. The largest absolute Gasteiger partial charge is 0.492 e. The summed E-state index contributed by atoms with van der Waals surface area (Å²) in [6.45, 7) is 6.08. The van der Waals surface area contributed by atoms with Crippen LogP contribution < -0.4 is 10.1 Å². The molecule has 1 fully saturated rings. The molecule has 2 heterocycles. The number of rotatable bonds is 8. The molecule has 1 aromatic heterocycles. The second-order valence-electron chi connectivity index (χ2n) is 9.04. The zero-order valence-electron chi connectivity index (χ0n) is 20.3. The average molecular weight is 474 g/mol. The van der Waals surface area contributed by atoms with Gasteiger partial charge in [0.1, 0.15) is 12.4 Å². The van der Waals surface area contributed by atoms with E-state index in [9.17, 15) is 4.79 Å². The lowest BCUT2D eigenvalue weighted by molar-refractivity contribution is 0.0323. The molecule has 0 spiro atoms. The molecule has 4 aromatic rings. The molecule has 0 aliphatic carbocycles. The molecule has 5 rings (SSSR count). The van der Waals surface area contributed by atoms with E-state index >= 15 is 0 Å². The number of hydrogen-bond acceptors (Lipinski definition) is 7. The van der Waals surface area contributed by atoms with Crippen molar-refractivity contribution in [1.82, 2.24) is 25.1 Å². The number of para-hydroxylation sites is 2. The van der Waals surface area contributed by atoms with E-state index < -0.39 is 0 Å². The zero-order chi connectivity index (χ0) is 24.2. The summed E-state index contributed by atoms with van der Waals surface area (Å²) >= 11 is 0. The van der Waals surface area contributed by atoms with Gasteiger partial charge in [-0.05, 0) is 50.5 Å². The van der Waals surface area contributed by atoms with Crippen LogP contribution in [0.25, 0.3) is 32.8 Å². The van der Waals surface area contributed by atoms with Gasteiger partial charge in [-0.25, -0.2) is 9.97 Å². The molecule has 0 radical (unpaired) electrons. The molecule has 0 atom stereocenters. The summed E-state index contributed by atoms with van der Waals surface area (Å²) in [6, 6.07) is 15.5. The summed E-state index contributed by atoms with van der Waals surface area (Å²) in [4.78, 5) is 27.3. The number of amides is 1. The van der Waals surface area contributed by atoms with E-state index in [0.29, 0.717) is 24.2 Å². The Balaban J connectivity index is 1.54. The van der Waals surface area contributed by atoms with Crippen molar-refractivity contribution < 1.29 is 14.3 Å². The number of carbonyl (C=O) groups excluding carboxylic acids is 1. The second kappa shape index (κ2) is 10.5. The first-order chi connectivity index (χ1) is 17.1. The number of aromatic nitrogens is 2. The number of morpholine rings is 1. The molecular weight excluding hydrogens is 442 g/mol. The van der Waals surface area contributed by atoms with Crippen molar-refractivity contribution in [3.8, 4) is 5.75 Å². The van der Waals surface area contributed by atoms with Crippen molar-refractivity contribution in [3.63, 3.8) is 0 Å². The van der Waals surface area contributed by atoms with E-state index in [4.69, 9.17) is 19.4 Å². The van der Waals surface area contributed by atoms with Crippen molar-refractivity contribution >= 4 is 38.7 Å². The molecule has 0 unspecified atom stereocenters. The minimum atomic E-state index is -0.126. The quantitative estimate of drug-likeness (QED) is 0.311. The number of nitrogens with one attached hydrogen (secondary N) is 1. The summed E-state index contributed by atoms with van der Waals surface area (Å²) in [5.41, 5.74) is 3.66. The van der Waals surface area contributed by atoms with Crippen LogP contribution in [0.5, 0.6) is 5.75 Å². The predicted octanol–water partition coefficient (Wildman–Crippen LogP) is 2.94. The molecule has 35 heavy (non-hydrogen) atoms. The van der Waals surface area contributed by atoms with Gasteiger partial charge in [0.15, 0.2) is 0 Å². The fourth-order valence-electron chi connectivity index (χ4n) is 4.41. The summed E-state index contributed by atoms with van der Waals surface area (Å²) in [5, 5.41) is 4.68. The monoisotopic (exact) mass is 473 g/mol. The Morgan fingerprint density at radius 2 is 1.80 bits per heavy atom. The van der Waals surface area contributed by atoms with Gasteiger partial charge in [0.05, 0.1) is 35.3 Å². The molecule has 0 saturated carbocycles. The highest BCUT2D eigenvalue weighted by atomic mass is 16.5. The van der Waals surface area contributed by atoms with Gasteiger partial charge < -0.3 is 19.7 Å². The van der Waals surface area contributed by atoms with Crippen LogP contribution in [0.1, 0.15) is 10.4 Å². The topological polar surface area (TPSA) is 79.8 Å². The van der Waals surface area contributed by atoms with Crippen LogP contribution in [-0.4, -0.2) is 92.3 Å². The van der Waals surface area contributed by atoms with E-state index in [0.717, 1.165) is 72.5 Å². The van der Waals surface area contributed by atoms with Crippen molar-refractivity contribution in [1.29, 1.82) is 0 Å². The Bertz CT molecular complexity index is 1350. The van der Waals surface area contributed by atoms with Gasteiger partial charge in [0.25, 0.3) is 5.91 Å². The summed E-state index contributed by atoms with van der Waals surface area (Å²) in [6.07, 6.45) is 0. The number of fused-ring (bicyclic) bond motifs is 4. The van der Waals surface area contributed by atoms with E-state index in [1.165, 1.54) is 0 Å². The molecule has 0 bridgehead atoms. The molecule has 8 nitrogen and oxygen atoms in total. The summed E-state index contributed by atoms with van der Waals surface area (Å²) < 4.78 is 11.7. The molecule has 3 aromatic carbocycles. The lowest BCUT2D eigenvalue weighted by atomic mass is 10.0. The lowest BCUT2D eigenvalue weighted by Crippen LogP contribution is -2.38. The maximum absolute atomic E-state index is 13.2. The van der Waals surface area contributed by atoms with Gasteiger partial charge in [-0.2, -0.15) is 0 Å². The van der Waals surface area contributed by atoms with Gasteiger partial charge in [-0.1, -0.05) is 12.1 Å². The fourth-order valence-corrected chi connectivity index (χ4v) is 4.41. The molecular formula is C27H31N5O3. The van der Waals surface area contributed by atoms with Crippen LogP contribution in [0.15, 0.2) is 48.5 Å². The van der Waals surface area contributed by atoms with Crippen LogP contribution in [-0.2, 0) is 4.74 Å². The average Bonchev–Trinajstić information content (AvgIpc) is 2.87. The number of benzene rings is 3. The predicted molar refractivity (Wildman–Crippen MR) is 138 cm³/mol. The first kappa shape index (κ1) is 23.4. The number of hydrogen-bond donors (Lipinski definition) is 1. The highest BCUT2D eigenvalue weighted by molar-refractivity contribution is 6.18. The molecule has 1 aliphatic rings. The Labute approximate surface area is 204 Å². The maximum Gasteiger partial charge on any atom is 0.252 e. The minimum absolute atomic E-state index is 0.126. The number of likely N-dealkylation sites (N-methyl/N-ethyl adjacent to an activating group) is 1. The molecule has 1 aliphatic heterocycles. The fraction of sp³-hybridized carbons (Fsp3) is 0.370. The Hall–Kier alpha value is -3.33. The van der Waals surface area contributed by atoms with Gasteiger partial charge in [0.2, 0.25) is 0 Å². The number of ether oxygens (including phenoxy) is 2. The first-order valence-corrected chi connectivity index (χ1v) is 12.1. The highest BCUT2D eigenvalue weighted by Crippen LogP contribution is 2.34. The van der Waals surface area contributed by atoms with Crippen LogP contribution in [0.4, 0.5) is 0 Å². The van der Waals surface area contributed by atoms with Crippen molar-refractivity contribution in [2.45, 2.75) is 0 Å². The van der Waals surface area contributed by atoms with Gasteiger partial charge in [0, 0.05) is 49.1 Å². The van der Waals surface area contributed by atoms with Gasteiger partial charge in [-0.3, -0.25) is 9.69 Å². The normalized spacial score (nSPS) is 14.7. The first-order valence-electron chi connectivity index (χ1n) is 12.1. The molecule has 1 N–H and O–H groups in total. The molecule has 182 valence electrons. The standard InChI is InChI=1S/C27H31N5O3/c1-31(2)12-11-28-27(33)20-8-10-24(35-18-15-32-13-16-34-17-14-32)19-7-9-23-26(25(19)20)30-22-6-4-3-5-21(22)29-23/h3-10H,11-18H2,1-2H3,(H,28,33). The maximum atomic E-state index is 13.2. The van der Waals surface area contributed by atoms with Crippen LogP contribution >= 0.6 is 0 Å². The summed E-state index contributed by atoms with van der Waals surface area (Å²) in [5.74, 6) is 0.620. The Kier molecular flexibility index (Phi) is 7.03. The Morgan fingerprint density at radius 3 is 2.57 bits per heavy atom. The van der Waals surface area contributed by atoms with Gasteiger partial charge in [-0.15, -0.1) is 0 Å². The lowest BCUT2D eigenvalue weighted by Gasteiger charge is -2.26. The third-order valence-corrected chi connectivity index (χ3v) is 6.31. The minimum Gasteiger partial charge on any atom is -0.492 e.